The first-order valence-corrected chi connectivity index (χ1v) is 7.21. The molecule has 0 aliphatic rings. The number of hydrogen-bond acceptors (Lipinski definition) is 2. The Hall–Kier alpha value is -1.35. The Morgan fingerprint density at radius 2 is 1.68 bits per heavy atom. The Bertz CT molecular complexity index is 367. The molecule has 1 rings (SSSR count). The lowest BCUT2D eigenvalue weighted by molar-refractivity contribution is -0.130. The summed E-state index contributed by atoms with van der Waals surface area (Å²) in [7, 11) is 0. The molecule has 106 valence electrons. The first-order chi connectivity index (χ1) is 9.17. The van der Waals surface area contributed by atoms with Crippen molar-refractivity contribution in [1.29, 1.82) is 0 Å². The Labute approximate surface area is 117 Å². The molecule has 1 aromatic rings. The van der Waals surface area contributed by atoms with Crippen LogP contribution in [-0.2, 0) is 11.3 Å². The molecule has 0 atom stereocenters. The van der Waals surface area contributed by atoms with Gasteiger partial charge in [-0.3, -0.25) is 4.79 Å². The van der Waals surface area contributed by atoms with E-state index in [1.807, 2.05) is 4.90 Å². The van der Waals surface area contributed by atoms with Crippen molar-refractivity contribution in [3.63, 3.8) is 0 Å². The van der Waals surface area contributed by atoms with Crippen molar-refractivity contribution in [2.75, 3.05) is 19.6 Å². The van der Waals surface area contributed by atoms with Gasteiger partial charge < -0.3 is 10.2 Å². The van der Waals surface area contributed by atoms with Gasteiger partial charge in [0.1, 0.15) is 0 Å². The van der Waals surface area contributed by atoms with E-state index in [0.29, 0.717) is 6.54 Å². The van der Waals surface area contributed by atoms with E-state index in [0.717, 1.165) is 32.5 Å². The highest BCUT2D eigenvalue weighted by molar-refractivity contribution is 5.78. The SMILES string of the molecule is CCCN(CCC)C(=O)CNCc1ccc(C)cc1. The summed E-state index contributed by atoms with van der Waals surface area (Å²) in [6.45, 7) is 9.18. The maximum Gasteiger partial charge on any atom is 0.236 e. The fourth-order valence-electron chi connectivity index (χ4n) is 2.03. The molecule has 0 fully saturated rings. The highest BCUT2D eigenvalue weighted by atomic mass is 16.2. The van der Waals surface area contributed by atoms with E-state index < -0.39 is 0 Å². The predicted molar refractivity (Wildman–Crippen MR) is 80.0 cm³/mol. The molecule has 1 aromatic carbocycles. The van der Waals surface area contributed by atoms with Gasteiger partial charge in [0.25, 0.3) is 0 Å². The summed E-state index contributed by atoms with van der Waals surface area (Å²) >= 11 is 0. The van der Waals surface area contributed by atoms with Crippen molar-refractivity contribution in [1.82, 2.24) is 10.2 Å². The number of nitrogens with one attached hydrogen (secondary N) is 1. The predicted octanol–water partition coefficient (Wildman–Crippen LogP) is 2.73. The van der Waals surface area contributed by atoms with Crippen molar-refractivity contribution >= 4 is 5.91 Å². The van der Waals surface area contributed by atoms with E-state index in [1.165, 1.54) is 11.1 Å². The maximum absolute atomic E-state index is 12.0. The van der Waals surface area contributed by atoms with E-state index in [2.05, 4.69) is 50.4 Å². The van der Waals surface area contributed by atoms with Crippen LogP contribution in [0.1, 0.15) is 37.8 Å². The normalized spacial score (nSPS) is 10.5. The van der Waals surface area contributed by atoms with Gasteiger partial charge in [0.15, 0.2) is 0 Å². The number of carbonyl (C=O) groups excluding carboxylic acids is 1. The molecule has 19 heavy (non-hydrogen) atoms. The van der Waals surface area contributed by atoms with Crippen LogP contribution < -0.4 is 5.32 Å². The van der Waals surface area contributed by atoms with Gasteiger partial charge in [-0.05, 0) is 25.3 Å². The minimum absolute atomic E-state index is 0.204. The van der Waals surface area contributed by atoms with Gasteiger partial charge in [-0.25, -0.2) is 0 Å². The van der Waals surface area contributed by atoms with Crippen LogP contribution in [0, 0.1) is 6.92 Å². The minimum atomic E-state index is 0.204. The van der Waals surface area contributed by atoms with Crippen molar-refractivity contribution in [2.45, 2.75) is 40.2 Å². The van der Waals surface area contributed by atoms with Crippen LogP contribution in [0.5, 0.6) is 0 Å². The van der Waals surface area contributed by atoms with Gasteiger partial charge in [-0.2, -0.15) is 0 Å². The molecule has 1 N–H and O–H groups in total. The number of nitrogens with zero attached hydrogens (tertiary/aromatic N) is 1. The summed E-state index contributed by atoms with van der Waals surface area (Å²) in [6.07, 6.45) is 2.04. The largest absolute Gasteiger partial charge is 0.342 e. The summed E-state index contributed by atoms with van der Waals surface area (Å²) in [5.41, 5.74) is 2.48. The van der Waals surface area contributed by atoms with Crippen LogP contribution in [0.25, 0.3) is 0 Å². The fraction of sp³-hybridized carbons (Fsp3) is 0.562. The second-order valence-corrected chi connectivity index (χ2v) is 4.97. The highest BCUT2D eigenvalue weighted by Crippen LogP contribution is 2.02. The molecule has 0 bridgehead atoms. The number of rotatable bonds is 8. The number of carbonyl (C=O) groups is 1. The number of benzene rings is 1. The number of aryl methyl sites for hydroxylation is 1. The quantitative estimate of drug-likeness (QED) is 0.781. The molecule has 0 unspecified atom stereocenters. The van der Waals surface area contributed by atoms with Crippen LogP contribution in [0.2, 0.25) is 0 Å². The molecule has 0 aromatic heterocycles. The van der Waals surface area contributed by atoms with Crippen LogP contribution in [-0.4, -0.2) is 30.4 Å². The third-order valence-electron chi connectivity index (χ3n) is 3.07. The molecule has 0 aliphatic carbocycles. The Morgan fingerprint density at radius 3 is 2.21 bits per heavy atom. The third kappa shape index (κ3) is 5.88. The molecule has 1 amide bonds. The second-order valence-electron chi connectivity index (χ2n) is 4.97. The summed E-state index contributed by atoms with van der Waals surface area (Å²) in [6, 6.07) is 8.39. The zero-order valence-electron chi connectivity index (χ0n) is 12.4. The molecule has 0 saturated carbocycles. The van der Waals surface area contributed by atoms with E-state index in [4.69, 9.17) is 0 Å². The zero-order chi connectivity index (χ0) is 14.1. The van der Waals surface area contributed by atoms with Gasteiger partial charge in [0.2, 0.25) is 5.91 Å². The molecular weight excluding hydrogens is 236 g/mol. The molecule has 0 heterocycles. The van der Waals surface area contributed by atoms with E-state index in [-0.39, 0.29) is 5.91 Å². The molecule has 3 heteroatoms. The smallest absolute Gasteiger partial charge is 0.236 e. The van der Waals surface area contributed by atoms with E-state index >= 15 is 0 Å². The lowest BCUT2D eigenvalue weighted by Crippen LogP contribution is -2.38. The summed E-state index contributed by atoms with van der Waals surface area (Å²) in [5, 5.41) is 3.23. The summed E-state index contributed by atoms with van der Waals surface area (Å²) in [5.74, 6) is 0.204. The molecule has 0 radical (unpaired) electrons. The van der Waals surface area contributed by atoms with Crippen molar-refractivity contribution in [3.05, 3.63) is 35.4 Å². The average Bonchev–Trinajstić information content (AvgIpc) is 2.40. The van der Waals surface area contributed by atoms with Gasteiger partial charge in [0.05, 0.1) is 6.54 Å². The Morgan fingerprint density at radius 1 is 1.11 bits per heavy atom. The molecule has 0 spiro atoms. The van der Waals surface area contributed by atoms with Crippen LogP contribution >= 0.6 is 0 Å². The second kappa shape index (κ2) is 8.70. The molecule has 3 nitrogen and oxygen atoms in total. The topological polar surface area (TPSA) is 32.3 Å². The van der Waals surface area contributed by atoms with Gasteiger partial charge in [0, 0.05) is 19.6 Å². The van der Waals surface area contributed by atoms with Crippen molar-refractivity contribution in [3.8, 4) is 0 Å². The summed E-state index contributed by atoms with van der Waals surface area (Å²) in [4.78, 5) is 14.0. The summed E-state index contributed by atoms with van der Waals surface area (Å²) < 4.78 is 0. The lowest BCUT2D eigenvalue weighted by Gasteiger charge is -2.21. The third-order valence-corrected chi connectivity index (χ3v) is 3.07. The Kier molecular flexibility index (Phi) is 7.19. The van der Waals surface area contributed by atoms with E-state index in [9.17, 15) is 4.79 Å². The van der Waals surface area contributed by atoms with Gasteiger partial charge >= 0.3 is 0 Å². The molecular formula is C16H26N2O. The monoisotopic (exact) mass is 262 g/mol. The minimum Gasteiger partial charge on any atom is -0.342 e. The van der Waals surface area contributed by atoms with Crippen LogP contribution in [0.4, 0.5) is 0 Å². The molecule has 0 aliphatic heterocycles. The van der Waals surface area contributed by atoms with Crippen LogP contribution in [0.3, 0.4) is 0 Å². The molecule has 0 saturated heterocycles. The highest BCUT2D eigenvalue weighted by Gasteiger charge is 2.10. The first kappa shape index (κ1) is 15.7. The Balaban J connectivity index is 2.34. The fourth-order valence-corrected chi connectivity index (χ4v) is 2.03. The van der Waals surface area contributed by atoms with Crippen molar-refractivity contribution in [2.24, 2.45) is 0 Å². The number of hydrogen-bond donors (Lipinski definition) is 1. The van der Waals surface area contributed by atoms with Gasteiger partial charge in [-0.15, -0.1) is 0 Å². The zero-order valence-corrected chi connectivity index (χ0v) is 12.4. The average molecular weight is 262 g/mol. The van der Waals surface area contributed by atoms with Crippen molar-refractivity contribution < 1.29 is 4.79 Å². The van der Waals surface area contributed by atoms with Crippen LogP contribution in [0.15, 0.2) is 24.3 Å². The lowest BCUT2D eigenvalue weighted by atomic mass is 10.1. The standard InChI is InChI=1S/C16H26N2O/c1-4-10-18(11-5-2)16(19)13-17-12-15-8-6-14(3)7-9-15/h6-9,17H,4-5,10-13H2,1-3H3. The van der Waals surface area contributed by atoms with E-state index in [1.54, 1.807) is 0 Å². The number of amides is 1. The maximum atomic E-state index is 12.0. The first-order valence-electron chi connectivity index (χ1n) is 7.21. The van der Waals surface area contributed by atoms with Gasteiger partial charge in [-0.1, -0.05) is 43.7 Å².